The maximum absolute atomic E-state index is 12.6. The second-order valence-electron chi connectivity index (χ2n) is 7.10. The molecular weight excluding hydrogens is 422 g/mol. The number of nitrogens with one attached hydrogen (secondary N) is 1. The molecule has 1 aromatic heterocycles. The van der Waals surface area contributed by atoms with Gasteiger partial charge in [0.25, 0.3) is 0 Å². The molecule has 1 atom stereocenters. The van der Waals surface area contributed by atoms with Crippen LogP contribution in [0.3, 0.4) is 0 Å². The molecule has 162 valence electrons. The fraction of sp³-hybridized carbons (Fsp3) is 0.364. The van der Waals surface area contributed by atoms with Gasteiger partial charge in [0.2, 0.25) is 5.91 Å². The predicted octanol–water partition coefficient (Wildman–Crippen LogP) is 4.64. The maximum Gasteiger partial charge on any atom is 0.341 e. The second kappa shape index (κ2) is 10.0. The van der Waals surface area contributed by atoms with Gasteiger partial charge < -0.3 is 10.1 Å². The van der Waals surface area contributed by atoms with Crippen molar-refractivity contribution in [3.05, 3.63) is 53.4 Å². The van der Waals surface area contributed by atoms with E-state index in [0.29, 0.717) is 11.5 Å². The lowest BCUT2D eigenvalue weighted by Crippen LogP contribution is -2.33. The normalized spacial score (nSPS) is 12.4. The number of benzene rings is 1. The number of carbonyl (C=O) groups excluding carboxylic acids is 2. The summed E-state index contributed by atoms with van der Waals surface area (Å²) >= 11 is 1.16. The van der Waals surface area contributed by atoms with Gasteiger partial charge in [0, 0.05) is 10.9 Å². The van der Waals surface area contributed by atoms with Gasteiger partial charge in [-0.05, 0) is 30.9 Å². The fourth-order valence-corrected chi connectivity index (χ4v) is 4.76. The molecule has 2 rings (SSSR count). The smallest absolute Gasteiger partial charge is 0.341 e. The molecule has 0 aliphatic rings. The van der Waals surface area contributed by atoms with Crippen molar-refractivity contribution in [3.8, 4) is 11.1 Å². The first-order valence-electron chi connectivity index (χ1n) is 9.64. The van der Waals surface area contributed by atoms with Crippen molar-refractivity contribution in [2.24, 2.45) is 0 Å². The van der Waals surface area contributed by atoms with Crippen molar-refractivity contribution in [2.75, 3.05) is 17.7 Å². The van der Waals surface area contributed by atoms with Crippen LogP contribution in [-0.4, -0.2) is 37.9 Å². The number of thiophene rings is 1. The lowest BCUT2D eigenvalue weighted by atomic mass is 9.98. The van der Waals surface area contributed by atoms with E-state index in [-0.39, 0.29) is 22.9 Å². The predicted molar refractivity (Wildman–Crippen MR) is 122 cm³/mol. The summed E-state index contributed by atoms with van der Waals surface area (Å²) in [6.07, 6.45) is 1.24. The second-order valence-corrected chi connectivity index (χ2v) is 10.3. The number of anilines is 1. The summed E-state index contributed by atoms with van der Waals surface area (Å²) in [7, 11) is -3.67. The molecule has 0 aliphatic carbocycles. The van der Waals surface area contributed by atoms with Gasteiger partial charge in [0.05, 0.1) is 12.4 Å². The van der Waals surface area contributed by atoms with E-state index in [1.165, 1.54) is 18.6 Å². The Morgan fingerprint density at radius 1 is 1.20 bits per heavy atom. The SMILES string of the molecule is C=CCS(=O)(=O)C(C)C(=O)Nc1scc(-c2ccc(C(C)C)cc2)c1C(=O)OCC. The number of hydrogen-bond acceptors (Lipinski definition) is 6. The first kappa shape index (κ1) is 23.8. The van der Waals surface area contributed by atoms with Crippen molar-refractivity contribution >= 4 is 38.1 Å². The lowest BCUT2D eigenvalue weighted by Gasteiger charge is -2.13. The molecule has 0 radical (unpaired) electrons. The summed E-state index contributed by atoms with van der Waals surface area (Å²) in [6.45, 7) is 10.8. The number of carbonyl (C=O) groups is 2. The van der Waals surface area contributed by atoms with Crippen LogP contribution < -0.4 is 5.32 Å². The summed E-state index contributed by atoms with van der Waals surface area (Å²) < 4.78 is 29.5. The average molecular weight is 450 g/mol. The zero-order chi connectivity index (χ0) is 22.5. The van der Waals surface area contributed by atoms with Gasteiger partial charge in [0.15, 0.2) is 9.84 Å². The topological polar surface area (TPSA) is 89.5 Å². The minimum atomic E-state index is -3.67. The molecule has 1 N–H and O–H groups in total. The molecule has 0 spiro atoms. The van der Waals surface area contributed by atoms with Gasteiger partial charge in [0.1, 0.15) is 15.8 Å². The highest BCUT2D eigenvalue weighted by Gasteiger charge is 2.29. The van der Waals surface area contributed by atoms with E-state index < -0.39 is 27.0 Å². The molecule has 0 saturated heterocycles. The monoisotopic (exact) mass is 449 g/mol. The Morgan fingerprint density at radius 3 is 2.37 bits per heavy atom. The van der Waals surface area contributed by atoms with Crippen LogP contribution in [0.25, 0.3) is 11.1 Å². The Bertz CT molecular complexity index is 1020. The Balaban J connectivity index is 2.42. The van der Waals surface area contributed by atoms with E-state index in [1.807, 2.05) is 24.3 Å². The molecule has 0 bridgehead atoms. The summed E-state index contributed by atoms with van der Waals surface area (Å²) in [5.41, 5.74) is 2.83. The summed E-state index contributed by atoms with van der Waals surface area (Å²) in [4.78, 5) is 25.2. The van der Waals surface area contributed by atoms with Gasteiger partial charge in [-0.2, -0.15) is 0 Å². The minimum Gasteiger partial charge on any atom is -0.462 e. The molecule has 2 aromatic rings. The highest BCUT2D eigenvalue weighted by molar-refractivity contribution is 7.92. The Kier molecular flexibility index (Phi) is 7.97. The van der Waals surface area contributed by atoms with Crippen LogP contribution >= 0.6 is 11.3 Å². The van der Waals surface area contributed by atoms with Crippen LogP contribution in [0.4, 0.5) is 5.00 Å². The van der Waals surface area contributed by atoms with Crippen LogP contribution in [-0.2, 0) is 19.4 Å². The third kappa shape index (κ3) is 5.37. The van der Waals surface area contributed by atoms with Crippen LogP contribution in [0, 0.1) is 0 Å². The third-order valence-corrected chi connectivity index (χ3v) is 7.54. The number of esters is 1. The maximum atomic E-state index is 12.6. The Labute approximate surface area is 181 Å². The van der Waals surface area contributed by atoms with E-state index in [0.717, 1.165) is 16.9 Å². The van der Waals surface area contributed by atoms with Gasteiger partial charge in [-0.1, -0.05) is 44.2 Å². The first-order chi connectivity index (χ1) is 14.1. The molecular formula is C22H27NO5S2. The molecule has 0 fully saturated rings. The molecule has 0 saturated carbocycles. The first-order valence-corrected chi connectivity index (χ1v) is 12.2. The molecule has 1 heterocycles. The van der Waals surface area contributed by atoms with Crippen molar-refractivity contribution in [1.29, 1.82) is 0 Å². The Morgan fingerprint density at radius 2 is 1.83 bits per heavy atom. The van der Waals surface area contributed by atoms with Crippen molar-refractivity contribution < 1.29 is 22.7 Å². The number of ether oxygens (including phenoxy) is 1. The van der Waals surface area contributed by atoms with E-state index in [4.69, 9.17) is 4.74 Å². The largest absolute Gasteiger partial charge is 0.462 e. The van der Waals surface area contributed by atoms with Crippen LogP contribution in [0.2, 0.25) is 0 Å². The van der Waals surface area contributed by atoms with E-state index in [9.17, 15) is 18.0 Å². The number of rotatable bonds is 9. The summed E-state index contributed by atoms with van der Waals surface area (Å²) in [5, 5.41) is 3.35. The quantitative estimate of drug-likeness (QED) is 0.445. The summed E-state index contributed by atoms with van der Waals surface area (Å²) in [6, 6.07) is 7.83. The van der Waals surface area contributed by atoms with Gasteiger partial charge >= 0.3 is 5.97 Å². The molecule has 6 nitrogen and oxygen atoms in total. The van der Waals surface area contributed by atoms with E-state index in [2.05, 4.69) is 25.7 Å². The van der Waals surface area contributed by atoms with Gasteiger partial charge in [-0.3, -0.25) is 4.79 Å². The minimum absolute atomic E-state index is 0.178. The number of hydrogen-bond donors (Lipinski definition) is 1. The molecule has 0 aliphatic heterocycles. The zero-order valence-electron chi connectivity index (χ0n) is 17.6. The summed E-state index contributed by atoms with van der Waals surface area (Å²) in [5.74, 6) is -1.20. The Hall–Kier alpha value is -2.45. The standard InChI is InChI=1S/C22H27NO5S2/c1-6-12-30(26,27)15(5)20(24)23-21-19(22(25)28-7-2)18(13-29-21)17-10-8-16(9-11-17)14(3)4/h6,8-11,13-15H,1,7,12H2,2-5H3,(H,23,24). The van der Waals surface area contributed by atoms with E-state index >= 15 is 0 Å². The molecule has 1 unspecified atom stereocenters. The highest BCUT2D eigenvalue weighted by Crippen LogP contribution is 2.37. The van der Waals surface area contributed by atoms with Gasteiger partial charge in [-0.15, -0.1) is 17.9 Å². The number of sulfone groups is 1. The van der Waals surface area contributed by atoms with Crippen LogP contribution in [0.5, 0.6) is 0 Å². The molecule has 1 amide bonds. The van der Waals surface area contributed by atoms with Gasteiger partial charge in [-0.25, -0.2) is 13.2 Å². The fourth-order valence-electron chi connectivity index (χ4n) is 2.80. The molecule has 8 heteroatoms. The lowest BCUT2D eigenvalue weighted by molar-refractivity contribution is -0.115. The van der Waals surface area contributed by atoms with Crippen molar-refractivity contribution in [2.45, 2.75) is 38.9 Å². The number of amides is 1. The van der Waals surface area contributed by atoms with Crippen molar-refractivity contribution in [1.82, 2.24) is 0 Å². The zero-order valence-corrected chi connectivity index (χ0v) is 19.2. The molecule has 1 aromatic carbocycles. The highest BCUT2D eigenvalue weighted by atomic mass is 32.2. The van der Waals surface area contributed by atoms with E-state index in [1.54, 1.807) is 12.3 Å². The van der Waals surface area contributed by atoms with Crippen molar-refractivity contribution in [3.63, 3.8) is 0 Å². The average Bonchev–Trinajstić information content (AvgIpc) is 3.11. The van der Waals surface area contributed by atoms with Crippen LogP contribution in [0.1, 0.15) is 49.5 Å². The molecule has 30 heavy (non-hydrogen) atoms. The third-order valence-electron chi connectivity index (χ3n) is 4.65. The van der Waals surface area contributed by atoms with Crippen LogP contribution in [0.15, 0.2) is 42.3 Å².